The molecule has 0 aliphatic rings. The van der Waals surface area contributed by atoms with Crippen LogP contribution in [0.2, 0.25) is 0 Å². The summed E-state index contributed by atoms with van der Waals surface area (Å²) in [5.41, 5.74) is 1.98. The molecule has 0 amide bonds. The third-order valence-corrected chi connectivity index (χ3v) is 2.19. The van der Waals surface area contributed by atoms with Gasteiger partial charge in [0.25, 0.3) is 0 Å². The van der Waals surface area contributed by atoms with Gasteiger partial charge in [0.2, 0.25) is 5.89 Å². The van der Waals surface area contributed by atoms with Gasteiger partial charge in [-0.25, -0.2) is 4.98 Å². The van der Waals surface area contributed by atoms with Crippen LogP contribution in [0, 0.1) is 0 Å². The van der Waals surface area contributed by atoms with Gasteiger partial charge in [-0.1, -0.05) is 20.8 Å². The van der Waals surface area contributed by atoms with Crippen molar-refractivity contribution in [3.05, 3.63) is 29.7 Å². The third kappa shape index (κ3) is 1.77. The van der Waals surface area contributed by atoms with Gasteiger partial charge in [-0.3, -0.25) is 4.79 Å². The van der Waals surface area contributed by atoms with Gasteiger partial charge >= 0.3 is 0 Å². The van der Waals surface area contributed by atoms with Crippen molar-refractivity contribution in [2.24, 2.45) is 0 Å². The average Bonchev–Trinajstić information content (AvgIpc) is 2.59. The molecule has 0 bridgehead atoms. The van der Waals surface area contributed by atoms with Crippen LogP contribution in [0.4, 0.5) is 0 Å². The van der Waals surface area contributed by atoms with Gasteiger partial charge in [0.1, 0.15) is 11.8 Å². The number of oxazole rings is 1. The van der Waals surface area contributed by atoms with Crippen molar-refractivity contribution in [2.45, 2.75) is 26.2 Å². The number of carbonyl (C=O) groups excluding carboxylic acids is 1. The zero-order valence-corrected chi connectivity index (χ0v) is 9.07. The molecule has 0 spiro atoms. The Labute approximate surface area is 88.1 Å². The molecule has 78 valence electrons. The van der Waals surface area contributed by atoms with Gasteiger partial charge in [0.15, 0.2) is 5.58 Å². The van der Waals surface area contributed by atoms with Gasteiger partial charge < -0.3 is 4.42 Å². The maximum absolute atomic E-state index is 10.6. The van der Waals surface area contributed by atoms with Crippen LogP contribution < -0.4 is 0 Å². The summed E-state index contributed by atoms with van der Waals surface area (Å²) in [7, 11) is 0. The first-order valence-corrected chi connectivity index (χ1v) is 4.87. The Balaban J connectivity index is 2.61. The maximum Gasteiger partial charge on any atom is 0.200 e. The van der Waals surface area contributed by atoms with Crippen molar-refractivity contribution in [1.29, 1.82) is 0 Å². The summed E-state index contributed by atoms with van der Waals surface area (Å²) in [6.45, 7) is 6.12. The molecule has 1 aromatic heterocycles. The minimum Gasteiger partial charge on any atom is -0.440 e. The molecule has 0 N–H and O–H groups in total. The Hall–Kier alpha value is -1.64. The number of hydrogen-bond acceptors (Lipinski definition) is 3. The minimum atomic E-state index is -0.111. The Morgan fingerprint density at radius 1 is 1.33 bits per heavy atom. The first-order valence-electron chi connectivity index (χ1n) is 4.87. The van der Waals surface area contributed by atoms with E-state index in [0.717, 1.165) is 17.4 Å². The van der Waals surface area contributed by atoms with E-state index < -0.39 is 0 Å². The topological polar surface area (TPSA) is 43.1 Å². The molecule has 0 unspecified atom stereocenters. The van der Waals surface area contributed by atoms with Crippen molar-refractivity contribution in [2.75, 3.05) is 0 Å². The molecule has 0 aliphatic heterocycles. The highest BCUT2D eigenvalue weighted by molar-refractivity contribution is 5.83. The molecule has 0 saturated carbocycles. The molecule has 0 atom stereocenters. The number of nitrogens with zero attached hydrogens (tertiary/aromatic N) is 1. The van der Waals surface area contributed by atoms with E-state index in [0.29, 0.717) is 11.5 Å². The fourth-order valence-electron chi connectivity index (χ4n) is 1.34. The molecule has 1 heterocycles. The predicted octanol–water partition coefficient (Wildman–Crippen LogP) is 2.94. The van der Waals surface area contributed by atoms with Crippen molar-refractivity contribution in [3.63, 3.8) is 0 Å². The molecule has 0 saturated heterocycles. The van der Waals surface area contributed by atoms with Crippen LogP contribution in [-0.2, 0) is 5.41 Å². The number of benzene rings is 1. The number of hydrogen-bond donors (Lipinski definition) is 0. The van der Waals surface area contributed by atoms with E-state index in [4.69, 9.17) is 4.42 Å². The van der Waals surface area contributed by atoms with Crippen LogP contribution in [0.5, 0.6) is 0 Å². The SMILES string of the molecule is CC(C)(C)c1nc2cc(C=O)ccc2o1. The van der Waals surface area contributed by atoms with E-state index >= 15 is 0 Å². The third-order valence-electron chi connectivity index (χ3n) is 2.19. The van der Waals surface area contributed by atoms with Crippen LogP contribution in [-0.4, -0.2) is 11.3 Å². The second kappa shape index (κ2) is 3.19. The monoisotopic (exact) mass is 203 g/mol. The summed E-state index contributed by atoms with van der Waals surface area (Å²) in [5, 5.41) is 0. The lowest BCUT2D eigenvalue weighted by Gasteiger charge is -2.11. The predicted molar refractivity (Wildman–Crippen MR) is 58.1 cm³/mol. The summed E-state index contributed by atoms with van der Waals surface area (Å²) in [6, 6.07) is 5.25. The highest BCUT2D eigenvalue weighted by Gasteiger charge is 2.20. The van der Waals surface area contributed by atoms with E-state index in [1.165, 1.54) is 0 Å². The maximum atomic E-state index is 10.6. The fourth-order valence-corrected chi connectivity index (χ4v) is 1.34. The lowest BCUT2D eigenvalue weighted by atomic mass is 9.97. The van der Waals surface area contributed by atoms with Crippen LogP contribution in [0.3, 0.4) is 0 Å². The Morgan fingerprint density at radius 2 is 2.07 bits per heavy atom. The standard InChI is InChI=1S/C12H13NO2/c1-12(2,3)11-13-9-6-8(7-14)4-5-10(9)15-11/h4-7H,1-3H3. The Kier molecular flexibility index (Phi) is 2.11. The molecule has 0 fully saturated rings. The molecular weight excluding hydrogens is 190 g/mol. The average molecular weight is 203 g/mol. The van der Waals surface area contributed by atoms with Crippen molar-refractivity contribution in [1.82, 2.24) is 4.98 Å². The summed E-state index contributed by atoms with van der Waals surface area (Å²) < 4.78 is 5.60. The van der Waals surface area contributed by atoms with Gasteiger partial charge in [-0.2, -0.15) is 0 Å². The first-order chi connectivity index (χ1) is 7.00. The molecule has 3 nitrogen and oxygen atoms in total. The summed E-state index contributed by atoms with van der Waals surface area (Å²) in [5.74, 6) is 0.695. The quantitative estimate of drug-likeness (QED) is 0.669. The van der Waals surface area contributed by atoms with Crippen molar-refractivity contribution in [3.8, 4) is 0 Å². The van der Waals surface area contributed by atoms with Crippen molar-refractivity contribution < 1.29 is 9.21 Å². The van der Waals surface area contributed by atoms with Crippen LogP contribution in [0.1, 0.15) is 37.0 Å². The molecule has 2 aromatic rings. The van der Waals surface area contributed by atoms with Crippen molar-refractivity contribution >= 4 is 17.4 Å². The number of rotatable bonds is 1. The van der Waals surface area contributed by atoms with E-state index in [1.807, 2.05) is 20.8 Å². The minimum absolute atomic E-state index is 0.111. The molecular formula is C12H13NO2. The first kappa shape index (κ1) is 9.90. The largest absolute Gasteiger partial charge is 0.440 e. The number of aldehydes is 1. The van der Waals surface area contributed by atoms with Gasteiger partial charge in [0.05, 0.1) is 0 Å². The van der Waals surface area contributed by atoms with E-state index in [1.54, 1.807) is 18.2 Å². The molecule has 3 heteroatoms. The summed E-state index contributed by atoms with van der Waals surface area (Å²) >= 11 is 0. The summed E-state index contributed by atoms with van der Waals surface area (Å²) in [4.78, 5) is 15.0. The lowest BCUT2D eigenvalue weighted by Crippen LogP contribution is -2.10. The number of carbonyl (C=O) groups is 1. The molecule has 0 radical (unpaired) electrons. The van der Waals surface area contributed by atoms with Crippen LogP contribution >= 0.6 is 0 Å². The highest BCUT2D eigenvalue weighted by Crippen LogP contribution is 2.25. The molecule has 0 aliphatic carbocycles. The zero-order valence-electron chi connectivity index (χ0n) is 9.07. The second-order valence-electron chi connectivity index (χ2n) is 4.61. The lowest BCUT2D eigenvalue weighted by molar-refractivity contribution is 0.112. The van der Waals surface area contributed by atoms with Gasteiger partial charge in [-0.15, -0.1) is 0 Å². The second-order valence-corrected chi connectivity index (χ2v) is 4.61. The Morgan fingerprint density at radius 3 is 2.67 bits per heavy atom. The molecule has 2 rings (SSSR count). The summed E-state index contributed by atoms with van der Waals surface area (Å²) in [6.07, 6.45) is 0.810. The number of fused-ring (bicyclic) bond motifs is 1. The van der Waals surface area contributed by atoms with Crippen LogP contribution in [0.15, 0.2) is 22.6 Å². The fraction of sp³-hybridized carbons (Fsp3) is 0.333. The number of aromatic nitrogens is 1. The Bertz CT molecular complexity index is 506. The van der Waals surface area contributed by atoms with Gasteiger partial charge in [-0.05, 0) is 18.2 Å². The van der Waals surface area contributed by atoms with E-state index in [2.05, 4.69) is 4.98 Å². The normalized spacial score (nSPS) is 11.9. The zero-order chi connectivity index (χ0) is 11.1. The molecule has 1 aromatic carbocycles. The van der Waals surface area contributed by atoms with E-state index in [-0.39, 0.29) is 5.41 Å². The smallest absolute Gasteiger partial charge is 0.200 e. The highest BCUT2D eigenvalue weighted by atomic mass is 16.3. The van der Waals surface area contributed by atoms with E-state index in [9.17, 15) is 4.79 Å². The van der Waals surface area contributed by atoms with Crippen LogP contribution in [0.25, 0.3) is 11.1 Å². The van der Waals surface area contributed by atoms with Gasteiger partial charge in [0, 0.05) is 11.0 Å². The molecule has 15 heavy (non-hydrogen) atoms.